The van der Waals surface area contributed by atoms with Gasteiger partial charge in [-0.1, -0.05) is 97.4 Å². The molecule has 6 rings (SSSR count). The van der Waals surface area contributed by atoms with Gasteiger partial charge < -0.3 is 164 Å². The number of thioether (sulfide) groups is 1. The number of aliphatic carboxylic acids is 2. The van der Waals surface area contributed by atoms with Gasteiger partial charge in [-0.15, -0.1) is 0 Å². The molecule has 1 aliphatic rings. The number of ether oxygens (including phenoxy) is 9. The van der Waals surface area contributed by atoms with Gasteiger partial charge in [0.15, 0.2) is 0 Å². The summed E-state index contributed by atoms with van der Waals surface area (Å²) in [7, 11) is 1.44. The normalized spacial score (nSPS) is 19.9. The van der Waals surface area contributed by atoms with E-state index in [0.717, 1.165) is 17.7 Å². The summed E-state index contributed by atoms with van der Waals surface area (Å²) < 4.78 is 49.2. The van der Waals surface area contributed by atoms with Crippen LogP contribution >= 0.6 is 33.3 Å². The fourth-order valence-electron chi connectivity index (χ4n) is 14.1. The molecule has 13 atom stereocenters. The van der Waals surface area contributed by atoms with Crippen molar-refractivity contribution in [2.75, 3.05) is 162 Å². The molecule has 2 unspecified atom stereocenters. The van der Waals surface area contributed by atoms with Gasteiger partial charge in [0, 0.05) is 111 Å². The number of H-pyrrole nitrogens is 3. The number of benzene rings is 2. The second kappa shape index (κ2) is 68.9. The Kier molecular flexibility index (Phi) is 57.8. The first-order chi connectivity index (χ1) is 70.8. The van der Waals surface area contributed by atoms with E-state index in [1.807, 2.05) is 0 Å². The fraction of sp³-hybridized carbons (Fsp3) is 0.591. The smallest absolute Gasteiger partial charge is 0.305 e. The highest BCUT2D eigenvalue weighted by molar-refractivity contribution is 8.76. The molecule has 148 heavy (non-hydrogen) atoms. The standard InChI is InChI=1S/C93H139N21O31S3/c1-53(2)38-66-90(133)113-80(54(3)4)93(136)109-68(40-59-44-99-64-15-11-9-13-62(59)64)87(130)112-73(92(135)114-81(56(6)115)82(95)125)50-148-147-49-72(111-89(132)70(42-78(122)123)105-74(117)18-21-137-24-26-139-28-30-141-32-34-143-36-37-144-35-33-142-31-29-140-27-25-138-23-20-97-57(7)116)91(134)103-55(5)83(126)106-67(39-58-43-98-63-14-10-8-12-61(58)63)86(129)108-69(41-60-45-96-52-102-60)88(131)110-71(46-100-76(119)51-146-79(124)48-145-22-19-94)84(127)101-47-75(118)104-65(85(128)107-66)16-17-77(120)121/h8-15,43-45,52-56,65-73,80-81,98-99,115H,16-42,46-51,94H2,1-7H3,(H2,95,125)(H,96,102)(H,97,116)(H,100,119)(H,101,127)(H,103,134)(H,104,118)(H,105,117)(H,106,126)(H,107,128)(H,108,129)(H,109,136)(H,110,131)(H,111,132)(H,112,130)(H,113,133)(H,114,135)(H,120,121)(H,122,123)/t55-,56?,65-,66-,67-,68-,69-,70-,71-,72-,73-,80?,81-/m0/s1. The van der Waals surface area contributed by atoms with Crippen LogP contribution in [0.25, 0.3) is 21.8 Å². The number of nitrogens with one attached hydrogen (secondary N) is 18. The number of aromatic nitrogens is 4. The molecule has 1 aliphatic heterocycles. The van der Waals surface area contributed by atoms with E-state index in [1.165, 1.54) is 46.4 Å². The van der Waals surface area contributed by atoms with Crippen LogP contribution in [0.1, 0.15) is 97.4 Å². The van der Waals surface area contributed by atoms with Crippen molar-refractivity contribution in [2.45, 2.75) is 178 Å². The molecule has 1 fully saturated rings. The van der Waals surface area contributed by atoms with Crippen molar-refractivity contribution in [3.05, 3.63) is 90.3 Å². The number of carboxylic acid groups (broad SMARTS) is 2. The Hall–Kier alpha value is -12.5. The van der Waals surface area contributed by atoms with Crippen LogP contribution in [0, 0.1) is 11.8 Å². The second-order valence-electron chi connectivity index (χ2n) is 34.5. The lowest BCUT2D eigenvalue weighted by molar-refractivity contribution is -0.141. The van der Waals surface area contributed by atoms with Gasteiger partial charge >= 0.3 is 11.9 Å². The number of aliphatic hydroxyl groups is 1. The fourth-order valence-corrected chi connectivity index (χ4v) is 17.0. The van der Waals surface area contributed by atoms with Crippen LogP contribution in [0.15, 0.2) is 73.4 Å². The number of nitrogens with two attached hydrogens (primary N) is 2. The number of para-hydroxylation sites is 2. The molecule has 16 amide bonds. The van der Waals surface area contributed by atoms with E-state index in [2.05, 4.69) is 99.7 Å². The first-order valence-electron chi connectivity index (χ1n) is 48.0. The van der Waals surface area contributed by atoms with Gasteiger partial charge in [-0.05, 0) is 61.8 Å². The van der Waals surface area contributed by atoms with Gasteiger partial charge in [-0.25, -0.2) is 4.98 Å². The number of rotatable bonds is 56. The Bertz CT molecular complexity index is 5110. The summed E-state index contributed by atoms with van der Waals surface area (Å²) in [6.07, 6.45) is -0.316. The monoisotopic (exact) mass is 2140 g/mol. The quantitative estimate of drug-likeness (QED) is 0.0128. The van der Waals surface area contributed by atoms with Gasteiger partial charge in [0.05, 0.1) is 149 Å². The van der Waals surface area contributed by atoms with Crippen LogP contribution in [0.5, 0.6) is 0 Å². The van der Waals surface area contributed by atoms with Crippen LogP contribution in [-0.2, 0) is 153 Å². The Morgan fingerprint density at radius 1 is 0.520 bits per heavy atom. The molecule has 3 aromatic heterocycles. The predicted octanol–water partition coefficient (Wildman–Crippen LogP) is -5.33. The largest absolute Gasteiger partial charge is 0.481 e. The average molecular weight is 2140 g/mol. The number of imidazole rings is 1. The summed E-state index contributed by atoms with van der Waals surface area (Å²) in [6.45, 7) is 12.3. The molecular formula is C93H139N21O31S3. The number of hydrogen-bond acceptors (Lipinski definition) is 34. The molecule has 0 radical (unpaired) electrons. The van der Waals surface area contributed by atoms with Crippen LogP contribution < -0.4 is 91.2 Å². The summed E-state index contributed by atoms with van der Waals surface area (Å²) in [5, 5.41) is 68.9. The molecule has 25 N–H and O–H groups in total. The molecule has 2 aromatic carbocycles. The molecule has 0 bridgehead atoms. The zero-order valence-electron chi connectivity index (χ0n) is 83.5. The molecule has 1 saturated heterocycles. The zero-order valence-corrected chi connectivity index (χ0v) is 86.0. The maximum Gasteiger partial charge on any atom is 0.305 e. The number of hydrogen-bond donors (Lipinski definition) is 23. The van der Waals surface area contributed by atoms with Crippen LogP contribution in [-0.4, -0.2) is 388 Å². The lowest BCUT2D eigenvalue weighted by Gasteiger charge is -2.29. The predicted molar refractivity (Wildman–Crippen MR) is 538 cm³/mol. The summed E-state index contributed by atoms with van der Waals surface area (Å²) in [5.74, 6) is -22.8. The lowest BCUT2D eigenvalue weighted by Crippen LogP contribution is -2.61. The van der Waals surface area contributed by atoms with Gasteiger partial charge in [0.2, 0.25) is 99.6 Å². The number of carbonyl (C=O) groups is 19. The van der Waals surface area contributed by atoms with Gasteiger partial charge in [0.1, 0.15) is 79.1 Å². The number of carbonyl (C=O) groups excluding carboxylic acids is 17. The SMILES string of the molecule is CC(=O)NCCOCCOCCOCCOCCOCCOCCOCCOCCC(=O)N[C@@H](CC(=O)O)C(=O)N[C@H]1CSSC[C@@H](C(=O)N[C@H](C(N)=O)C(C)O)NC(=O)[C@H](Cc2c[nH]c3ccccc23)NC(=O)C(C(C)C)NC(=O)[C@H](CC(C)C)NC(=O)[C@H](CCC(=O)O)NC(=O)CNC(=O)[C@H](CNC(=O)CSC(=O)COCCN)NC(=O)[C@H](Cc2c[nH]cn2)NC(=O)[C@H](Cc2c[nH]c3ccccc23)NC(=O)[C@H](C)NC1=O. The number of primary amides is 1. The summed E-state index contributed by atoms with van der Waals surface area (Å²) >= 11 is 0.528. The topological polar surface area (TPSA) is 761 Å². The third kappa shape index (κ3) is 48.2. The van der Waals surface area contributed by atoms with Gasteiger partial charge in [-0.2, -0.15) is 0 Å². The van der Waals surface area contributed by atoms with Crippen LogP contribution in [0.3, 0.4) is 0 Å². The molecule has 55 heteroatoms. The molecule has 0 saturated carbocycles. The molecule has 0 spiro atoms. The minimum Gasteiger partial charge on any atom is -0.481 e. The van der Waals surface area contributed by atoms with Crippen molar-refractivity contribution in [1.29, 1.82) is 0 Å². The Labute approximate surface area is 865 Å². The van der Waals surface area contributed by atoms with Crippen LogP contribution in [0.2, 0.25) is 0 Å². The minimum atomic E-state index is -1.94. The zero-order chi connectivity index (χ0) is 108. The maximum atomic E-state index is 15.3. The van der Waals surface area contributed by atoms with Crippen LogP contribution in [0.4, 0.5) is 0 Å². The molecular weight excluding hydrogens is 2000 g/mol. The highest BCUT2D eigenvalue weighted by atomic mass is 33.1. The van der Waals surface area contributed by atoms with E-state index < -0.39 is 265 Å². The second-order valence-corrected chi connectivity index (χ2v) is 38.1. The summed E-state index contributed by atoms with van der Waals surface area (Å²) in [5.41, 5.74) is 13.2. The maximum absolute atomic E-state index is 15.3. The van der Waals surface area contributed by atoms with Crippen molar-refractivity contribution < 1.29 is 149 Å². The Morgan fingerprint density at radius 2 is 1.03 bits per heavy atom. The van der Waals surface area contributed by atoms with Crippen molar-refractivity contribution >= 4 is 167 Å². The van der Waals surface area contributed by atoms with E-state index in [-0.39, 0.29) is 90.3 Å². The van der Waals surface area contributed by atoms with Crippen molar-refractivity contribution in [2.24, 2.45) is 23.3 Å². The van der Waals surface area contributed by atoms with E-state index >= 15 is 24.0 Å². The lowest BCUT2D eigenvalue weighted by atomic mass is 9.98. The van der Waals surface area contributed by atoms with E-state index in [9.17, 15) is 82.4 Å². The highest BCUT2D eigenvalue weighted by Gasteiger charge is 2.40. The number of nitrogens with zero attached hydrogens (tertiary/aromatic N) is 1. The molecule has 820 valence electrons. The van der Waals surface area contributed by atoms with E-state index in [4.69, 9.17) is 54.1 Å². The highest BCUT2D eigenvalue weighted by Crippen LogP contribution is 2.26. The number of fused-ring (bicyclic) bond motifs is 2. The summed E-state index contributed by atoms with van der Waals surface area (Å²) in [6, 6.07) is -7.62. The van der Waals surface area contributed by atoms with Crippen molar-refractivity contribution in [3.63, 3.8) is 0 Å². The third-order valence-electron chi connectivity index (χ3n) is 21.7. The van der Waals surface area contributed by atoms with E-state index in [0.29, 0.717) is 121 Å². The average Bonchev–Trinajstić information content (AvgIpc) is 1.70. The van der Waals surface area contributed by atoms with Crippen molar-refractivity contribution in [1.82, 2.24) is 99.7 Å². The minimum absolute atomic E-state index is 0.0190. The van der Waals surface area contributed by atoms with Gasteiger partial charge in [-0.3, -0.25) is 91.1 Å². The van der Waals surface area contributed by atoms with Crippen molar-refractivity contribution in [3.8, 4) is 0 Å². The number of aromatic amines is 3. The number of aliphatic hydroxyl groups excluding tert-OH is 1. The number of amides is 16. The number of carboxylic acids is 2. The third-order valence-corrected chi connectivity index (χ3v) is 25.0. The molecule has 52 nitrogen and oxygen atoms in total. The Balaban J connectivity index is 1.32. The molecule has 4 heterocycles. The van der Waals surface area contributed by atoms with E-state index in [1.54, 1.807) is 68.6 Å². The first kappa shape index (κ1) is 124. The first-order valence-corrected chi connectivity index (χ1v) is 51.5. The van der Waals surface area contributed by atoms with Gasteiger partial charge in [0.25, 0.3) is 0 Å². The molecule has 0 aliphatic carbocycles. The Morgan fingerprint density at radius 3 is 1.55 bits per heavy atom. The molecule has 5 aromatic rings. The summed E-state index contributed by atoms with van der Waals surface area (Å²) in [4.78, 5) is 280.